The Bertz CT molecular complexity index is 912. The molecule has 0 fully saturated rings. The number of halogens is 1. The van der Waals surface area contributed by atoms with Gasteiger partial charge in [0.15, 0.2) is 6.61 Å². The van der Waals surface area contributed by atoms with Crippen molar-refractivity contribution in [2.45, 2.75) is 26.3 Å². The zero-order valence-electron chi connectivity index (χ0n) is 15.7. The lowest BCUT2D eigenvalue weighted by molar-refractivity contribution is -0.144. The normalized spacial score (nSPS) is 11.0. The smallest absolute Gasteiger partial charge is 0.349 e. The van der Waals surface area contributed by atoms with Crippen molar-refractivity contribution in [2.75, 3.05) is 6.61 Å². The summed E-state index contributed by atoms with van der Waals surface area (Å²) >= 11 is 5.89. The summed E-state index contributed by atoms with van der Waals surface area (Å²) in [6.07, 6.45) is 1.44. The number of ether oxygens (including phenoxy) is 1. The molecule has 0 aliphatic rings. The Kier molecular flexibility index (Phi) is 7.79. The molecule has 0 bridgehead atoms. The summed E-state index contributed by atoms with van der Waals surface area (Å²) in [4.78, 5) is 23.9. The maximum atomic E-state index is 12.1. The number of hydrogen-bond acceptors (Lipinski definition) is 4. The van der Waals surface area contributed by atoms with E-state index < -0.39 is 18.5 Å². The van der Waals surface area contributed by atoms with Crippen LogP contribution < -0.4 is 5.32 Å². The van der Waals surface area contributed by atoms with Crippen LogP contribution in [0.15, 0.2) is 54.1 Å². The summed E-state index contributed by atoms with van der Waals surface area (Å²) in [5, 5.41) is 12.4. The van der Waals surface area contributed by atoms with E-state index in [4.69, 9.17) is 16.3 Å². The lowest BCUT2D eigenvalue weighted by Gasteiger charge is -2.07. The van der Waals surface area contributed by atoms with Crippen LogP contribution in [0.1, 0.15) is 36.5 Å². The molecular formula is C22H21ClN2O3. The quantitative estimate of drug-likeness (QED) is 0.431. The van der Waals surface area contributed by atoms with Crippen molar-refractivity contribution >= 4 is 29.6 Å². The van der Waals surface area contributed by atoms with Gasteiger partial charge in [-0.2, -0.15) is 5.26 Å². The topological polar surface area (TPSA) is 79.2 Å². The molecule has 2 aromatic carbocycles. The molecule has 1 N–H and O–H groups in total. The van der Waals surface area contributed by atoms with Gasteiger partial charge in [-0.3, -0.25) is 4.79 Å². The van der Waals surface area contributed by atoms with E-state index in [2.05, 4.69) is 19.2 Å². The van der Waals surface area contributed by atoms with E-state index in [-0.39, 0.29) is 12.1 Å². The second-order valence-corrected chi connectivity index (χ2v) is 6.91. The van der Waals surface area contributed by atoms with Crippen molar-refractivity contribution in [1.82, 2.24) is 5.32 Å². The number of amides is 1. The number of esters is 1. The maximum absolute atomic E-state index is 12.1. The van der Waals surface area contributed by atoms with E-state index in [9.17, 15) is 14.9 Å². The minimum atomic E-state index is -0.839. The van der Waals surface area contributed by atoms with Crippen LogP contribution in [-0.2, 0) is 20.9 Å². The lowest BCUT2D eigenvalue weighted by atomic mass is 10.0. The first-order valence-corrected chi connectivity index (χ1v) is 9.17. The molecule has 0 aliphatic heterocycles. The van der Waals surface area contributed by atoms with Gasteiger partial charge < -0.3 is 10.1 Å². The fourth-order valence-electron chi connectivity index (χ4n) is 2.39. The Morgan fingerprint density at radius 3 is 2.54 bits per heavy atom. The third-order valence-corrected chi connectivity index (χ3v) is 4.20. The van der Waals surface area contributed by atoms with Crippen LogP contribution in [0.3, 0.4) is 0 Å². The first-order valence-electron chi connectivity index (χ1n) is 8.79. The number of nitriles is 1. The highest BCUT2D eigenvalue weighted by Gasteiger charge is 2.13. The van der Waals surface area contributed by atoms with Gasteiger partial charge in [0.1, 0.15) is 11.6 Å². The van der Waals surface area contributed by atoms with Crippen LogP contribution in [-0.4, -0.2) is 18.5 Å². The van der Waals surface area contributed by atoms with Crippen molar-refractivity contribution in [2.24, 2.45) is 0 Å². The van der Waals surface area contributed by atoms with Crippen molar-refractivity contribution < 1.29 is 14.3 Å². The van der Waals surface area contributed by atoms with E-state index in [0.717, 1.165) is 11.1 Å². The number of carbonyl (C=O) groups excluding carboxylic acids is 2. The molecule has 0 heterocycles. The Hall–Kier alpha value is -3.10. The third-order valence-electron chi connectivity index (χ3n) is 3.97. The van der Waals surface area contributed by atoms with Gasteiger partial charge in [-0.25, -0.2) is 4.79 Å². The predicted molar refractivity (Wildman–Crippen MR) is 108 cm³/mol. The molecule has 0 radical (unpaired) electrons. The van der Waals surface area contributed by atoms with Gasteiger partial charge in [0.25, 0.3) is 5.91 Å². The second kappa shape index (κ2) is 10.3. The SMILES string of the molecule is CC(C)c1ccc(/C=C(\C#N)C(=O)OCC(=O)NCc2cccc(Cl)c2)cc1. The van der Waals surface area contributed by atoms with E-state index in [1.807, 2.05) is 36.4 Å². The average Bonchev–Trinajstić information content (AvgIpc) is 2.69. The highest BCUT2D eigenvalue weighted by atomic mass is 35.5. The molecule has 0 saturated carbocycles. The molecule has 0 aromatic heterocycles. The Balaban J connectivity index is 1.89. The van der Waals surface area contributed by atoms with Gasteiger partial charge in [0.05, 0.1) is 0 Å². The molecule has 6 heteroatoms. The Labute approximate surface area is 169 Å². The second-order valence-electron chi connectivity index (χ2n) is 6.47. The largest absolute Gasteiger partial charge is 0.451 e. The van der Waals surface area contributed by atoms with E-state index >= 15 is 0 Å². The monoisotopic (exact) mass is 396 g/mol. The molecule has 28 heavy (non-hydrogen) atoms. The van der Waals surface area contributed by atoms with Crippen LogP contribution in [0.4, 0.5) is 0 Å². The summed E-state index contributed by atoms with van der Waals surface area (Å²) in [6, 6.07) is 16.4. The van der Waals surface area contributed by atoms with Crippen LogP contribution in [0.5, 0.6) is 0 Å². The number of hydrogen-bond donors (Lipinski definition) is 1. The summed E-state index contributed by atoms with van der Waals surface area (Å²) in [7, 11) is 0. The number of benzene rings is 2. The van der Waals surface area contributed by atoms with Crippen LogP contribution in [0, 0.1) is 11.3 Å². The Morgan fingerprint density at radius 2 is 1.93 bits per heavy atom. The van der Waals surface area contributed by atoms with Crippen molar-refractivity contribution in [3.8, 4) is 6.07 Å². The molecule has 2 rings (SSSR count). The molecule has 1 amide bonds. The van der Waals surface area contributed by atoms with E-state index in [0.29, 0.717) is 16.5 Å². The number of nitrogens with zero attached hydrogens (tertiary/aromatic N) is 1. The highest BCUT2D eigenvalue weighted by molar-refractivity contribution is 6.30. The lowest BCUT2D eigenvalue weighted by Crippen LogP contribution is -2.28. The summed E-state index contributed by atoms with van der Waals surface area (Å²) in [5.74, 6) is -0.913. The highest BCUT2D eigenvalue weighted by Crippen LogP contribution is 2.16. The maximum Gasteiger partial charge on any atom is 0.349 e. The fourth-order valence-corrected chi connectivity index (χ4v) is 2.60. The summed E-state index contributed by atoms with van der Waals surface area (Å²) in [6.45, 7) is 3.96. The molecule has 0 saturated heterocycles. The Morgan fingerprint density at radius 1 is 1.21 bits per heavy atom. The van der Waals surface area contributed by atoms with Crippen LogP contribution in [0.2, 0.25) is 5.02 Å². The fraction of sp³-hybridized carbons (Fsp3) is 0.227. The minimum Gasteiger partial charge on any atom is -0.451 e. The zero-order chi connectivity index (χ0) is 20.5. The third kappa shape index (κ3) is 6.57. The van der Waals surface area contributed by atoms with Crippen LogP contribution in [0.25, 0.3) is 6.08 Å². The molecule has 5 nitrogen and oxygen atoms in total. The van der Waals surface area contributed by atoms with E-state index in [1.54, 1.807) is 18.2 Å². The first kappa shape index (κ1) is 21.2. The minimum absolute atomic E-state index is 0.167. The zero-order valence-corrected chi connectivity index (χ0v) is 16.5. The van der Waals surface area contributed by atoms with Crippen molar-refractivity contribution in [3.63, 3.8) is 0 Å². The predicted octanol–water partition coefficient (Wildman–Crippen LogP) is 4.23. The molecule has 144 valence electrons. The van der Waals surface area contributed by atoms with E-state index in [1.165, 1.54) is 6.08 Å². The van der Waals surface area contributed by atoms with Gasteiger partial charge in [0, 0.05) is 11.6 Å². The molecule has 0 atom stereocenters. The molecule has 0 unspecified atom stereocenters. The van der Waals surface area contributed by atoms with Gasteiger partial charge in [0.2, 0.25) is 0 Å². The molecule has 2 aromatic rings. The van der Waals surface area contributed by atoms with Gasteiger partial charge in [-0.1, -0.05) is 61.8 Å². The summed E-state index contributed by atoms with van der Waals surface area (Å²) in [5.41, 5.74) is 2.53. The van der Waals surface area contributed by atoms with Gasteiger partial charge in [-0.05, 0) is 40.8 Å². The molecule has 0 aliphatic carbocycles. The summed E-state index contributed by atoms with van der Waals surface area (Å²) < 4.78 is 4.94. The first-order chi connectivity index (χ1) is 13.4. The molecular weight excluding hydrogens is 376 g/mol. The molecule has 0 spiro atoms. The number of carbonyl (C=O) groups is 2. The van der Waals surface area contributed by atoms with Crippen molar-refractivity contribution in [3.05, 3.63) is 75.8 Å². The van der Waals surface area contributed by atoms with Gasteiger partial charge >= 0.3 is 5.97 Å². The van der Waals surface area contributed by atoms with Crippen LogP contribution >= 0.6 is 11.6 Å². The van der Waals surface area contributed by atoms with Crippen molar-refractivity contribution in [1.29, 1.82) is 5.26 Å². The standard InChI is InChI=1S/C22H21ClN2O3/c1-15(2)18-8-6-16(7-9-18)10-19(12-24)22(27)28-14-21(26)25-13-17-4-3-5-20(23)11-17/h3-11,15H,13-14H2,1-2H3,(H,25,26)/b19-10+. The average molecular weight is 397 g/mol. The number of nitrogens with one attached hydrogen (secondary N) is 1. The number of rotatable bonds is 7. The van der Waals surface area contributed by atoms with Gasteiger partial charge in [-0.15, -0.1) is 0 Å².